The molecule has 0 aliphatic heterocycles. The Bertz CT molecular complexity index is 493. The van der Waals surface area contributed by atoms with Crippen LogP contribution in [0.5, 0.6) is 0 Å². The van der Waals surface area contributed by atoms with Crippen LogP contribution in [0.1, 0.15) is 54.9 Å². The monoisotopic (exact) mass is 290 g/mol. The van der Waals surface area contributed by atoms with E-state index in [0.29, 0.717) is 16.6 Å². The molecular weight excluding hydrogens is 268 g/mol. The van der Waals surface area contributed by atoms with Crippen molar-refractivity contribution >= 4 is 23.1 Å². The fraction of sp³-hybridized carbons (Fsp3) is 0.500. The van der Waals surface area contributed by atoms with Gasteiger partial charge in [0.05, 0.1) is 0 Å². The fourth-order valence-electron chi connectivity index (χ4n) is 2.80. The molecule has 0 saturated heterocycles. The lowest BCUT2D eigenvalue weighted by molar-refractivity contribution is 0.0921. The van der Waals surface area contributed by atoms with Gasteiger partial charge in [-0.25, -0.2) is 0 Å². The maximum Gasteiger partial charge on any atom is 0.251 e. The van der Waals surface area contributed by atoms with Crippen LogP contribution in [0.25, 0.3) is 0 Å². The predicted molar refractivity (Wildman–Crippen MR) is 85.8 cm³/mol. The molecule has 3 nitrogen and oxygen atoms in total. The number of benzene rings is 1. The number of carbonyl (C=O) groups excluding carboxylic acids is 1. The molecule has 0 spiro atoms. The molecule has 1 aliphatic carbocycles. The summed E-state index contributed by atoms with van der Waals surface area (Å²) in [5.74, 6) is 0.809. The zero-order valence-corrected chi connectivity index (χ0v) is 12.7. The van der Waals surface area contributed by atoms with E-state index in [1.165, 1.54) is 19.3 Å². The molecule has 0 radical (unpaired) electrons. The SMILES string of the molecule is CCC1CCC(NC(=O)c2cccc(C(N)=S)c2)CC1. The Morgan fingerprint density at radius 3 is 2.55 bits per heavy atom. The summed E-state index contributed by atoms with van der Waals surface area (Å²) in [5.41, 5.74) is 6.97. The van der Waals surface area contributed by atoms with Crippen molar-refractivity contribution in [2.75, 3.05) is 0 Å². The Kier molecular flexibility index (Phi) is 5.12. The van der Waals surface area contributed by atoms with Crippen LogP contribution >= 0.6 is 12.2 Å². The van der Waals surface area contributed by atoms with Crippen molar-refractivity contribution in [1.82, 2.24) is 5.32 Å². The Morgan fingerprint density at radius 1 is 1.30 bits per heavy atom. The molecule has 2 rings (SSSR count). The number of hydrogen-bond acceptors (Lipinski definition) is 2. The van der Waals surface area contributed by atoms with Crippen LogP contribution in [0.15, 0.2) is 24.3 Å². The van der Waals surface area contributed by atoms with Crippen LogP contribution in [-0.4, -0.2) is 16.9 Å². The minimum Gasteiger partial charge on any atom is -0.389 e. The number of rotatable bonds is 4. The minimum absolute atomic E-state index is 0.0250. The quantitative estimate of drug-likeness (QED) is 0.838. The van der Waals surface area contributed by atoms with Crippen LogP contribution in [-0.2, 0) is 0 Å². The summed E-state index contributed by atoms with van der Waals surface area (Å²) in [7, 11) is 0. The van der Waals surface area contributed by atoms with E-state index in [9.17, 15) is 4.79 Å². The van der Waals surface area contributed by atoms with Gasteiger partial charge in [0.2, 0.25) is 0 Å². The molecule has 1 aromatic rings. The third kappa shape index (κ3) is 3.79. The van der Waals surface area contributed by atoms with Gasteiger partial charge < -0.3 is 11.1 Å². The van der Waals surface area contributed by atoms with Gasteiger partial charge in [0.25, 0.3) is 5.91 Å². The number of amides is 1. The van der Waals surface area contributed by atoms with Crippen molar-refractivity contribution in [2.24, 2.45) is 11.7 Å². The lowest BCUT2D eigenvalue weighted by Gasteiger charge is -2.28. The second kappa shape index (κ2) is 6.84. The Hall–Kier alpha value is -1.42. The summed E-state index contributed by atoms with van der Waals surface area (Å²) in [5, 5.41) is 3.12. The largest absolute Gasteiger partial charge is 0.389 e. The van der Waals surface area contributed by atoms with Crippen LogP contribution in [0, 0.1) is 5.92 Å². The highest BCUT2D eigenvalue weighted by atomic mass is 32.1. The van der Waals surface area contributed by atoms with Gasteiger partial charge in [-0.15, -0.1) is 0 Å². The van der Waals surface area contributed by atoms with Gasteiger partial charge in [-0.1, -0.05) is 37.7 Å². The number of thiocarbonyl (C=S) groups is 1. The summed E-state index contributed by atoms with van der Waals surface area (Å²) < 4.78 is 0. The lowest BCUT2D eigenvalue weighted by Crippen LogP contribution is -2.37. The normalized spacial score (nSPS) is 22.2. The zero-order chi connectivity index (χ0) is 14.5. The van der Waals surface area contributed by atoms with E-state index in [1.54, 1.807) is 12.1 Å². The molecule has 3 N–H and O–H groups in total. The Morgan fingerprint density at radius 2 is 1.95 bits per heavy atom. The van der Waals surface area contributed by atoms with Gasteiger partial charge in [0.15, 0.2) is 0 Å². The third-order valence-corrected chi connectivity index (χ3v) is 4.40. The highest BCUT2D eigenvalue weighted by Crippen LogP contribution is 2.26. The van der Waals surface area contributed by atoms with Crippen LogP contribution in [0.4, 0.5) is 0 Å². The predicted octanol–water partition coefficient (Wildman–Crippen LogP) is 3.02. The molecular formula is C16H22N2OS. The topological polar surface area (TPSA) is 55.1 Å². The summed E-state index contributed by atoms with van der Waals surface area (Å²) in [6.45, 7) is 2.24. The summed E-state index contributed by atoms with van der Waals surface area (Å²) >= 11 is 4.94. The highest BCUT2D eigenvalue weighted by Gasteiger charge is 2.21. The number of carbonyl (C=O) groups is 1. The van der Waals surface area contributed by atoms with Gasteiger partial charge >= 0.3 is 0 Å². The Balaban J connectivity index is 1.95. The van der Waals surface area contributed by atoms with Gasteiger partial charge in [-0.3, -0.25) is 4.79 Å². The van der Waals surface area contributed by atoms with Crippen LogP contribution < -0.4 is 11.1 Å². The van der Waals surface area contributed by atoms with E-state index in [2.05, 4.69) is 12.2 Å². The van der Waals surface area contributed by atoms with E-state index < -0.39 is 0 Å². The second-order valence-corrected chi connectivity index (χ2v) is 5.98. The van der Waals surface area contributed by atoms with Crippen LogP contribution in [0.2, 0.25) is 0 Å². The summed E-state index contributed by atoms with van der Waals surface area (Å²) in [6, 6.07) is 7.51. The van der Waals surface area contributed by atoms with Crippen molar-refractivity contribution in [2.45, 2.75) is 45.1 Å². The van der Waals surface area contributed by atoms with Crippen molar-refractivity contribution in [3.63, 3.8) is 0 Å². The molecule has 0 heterocycles. The van der Waals surface area contributed by atoms with E-state index in [4.69, 9.17) is 18.0 Å². The molecule has 1 amide bonds. The number of nitrogens with one attached hydrogen (secondary N) is 1. The molecule has 0 bridgehead atoms. The van der Waals surface area contributed by atoms with Crippen molar-refractivity contribution in [1.29, 1.82) is 0 Å². The molecule has 4 heteroatoms. The molecule has 1 fully saturated rings. The maximum atomic E-state index is 12.2. The first-order valence-corrected chi connectivity index (χ1v) is 7.71. The molecule has 20 heavy (non-hydrogen) atoms. The number of hydrogen-bond donors (Lipinski definition) is 2. The van der Waals surface area contributed by atoms with E-state index >= 15 is 0 Å². The van der Waals surface area contributed by atoms with Crippen molar-refractivity contribution < 1.29 is 4.79 Å². The average Bonchev–Trinajstić information content (AvgIpc) is 2.48. The molecule has 0 atom stereocenters. The molecule has 0 aromatic heterocycles. The summed E-state index contributed by atoms with van der Waals surface area (Å²) in [4.78, 5) is 12.6. The first-order valence-electron chi connectivity index (χ1n) is 7.31. The molecule has 108 valence electrons. The second-order valence-electron chi connectivity index (χ2n) is 5.54. The zero-order valence-electron chi connectivity index (χ0n) is 11.9. The van der Waals surface area contributed by atoms with Crippen LogP contribution in [0.3, 0.4) is 0 Å². The van der Waals surface area contributed by atoms with Gasteiger partial charge in [0, 0.05) is 17.2 Å². The first kappa shape index (κ1) is 15.0. The number of nitrogens with two attached hydrogens (primary N) is 1. The van der Waals surface area contributed by atoms with Gasteiger partial charge in [0.1, 0.15) is 4.99 Å². The molecule has 1 saturated carbocycles. The fourth-order valence-corrected chi connectivity index (χ4v) is 2.92. The minimum atomic E-state index is -0.0250. The summed E-state index contributed by atoms with van der Waals surface area (Å²) in [6.07, 6.45) is 5.85. The Labute approximate surface area is 125 Å². The van der Waals surface area contributed by atoms with Crippen molar-refractivity contribution in [3.05, 3.63) is 35.4 Å². The van der Waals surface area contributed by atoms with Gasteiger partial charge in [-0.05, 0) is 43.7 Å². The molecule has 1 aromatic carbocycles. The highest BCUT2D eigenvalue weighted by molar-refractivity contribution is 7.80. The molecule has 1 aliphatic rings. The third-order valence-electron chi connectivity index (χ3n) is 4.17. The standard InChI is InChI=1S/C16H22N2OS/c1-2-11-6-8-14(9-7-11)18-16(19)13-5-3-4-12(10-13)15(17)20/h3-5,10-11,14H,2,6-9H2,1H3,(H2,17,20)(H,18,19). The van der Waals surface area contributed by atoms with Crippen molar-refractivity contribution in [3.8, 4) is 0 Å². The van der Waals surface area contributed by atoms with E-state index in [1.807, 2.05) is 12.1 Å². The first-order chi connectivity index (χ1) is 9.60. The van der Waals surface area contributed by atoms with Gasteiger partial charge in [-0.2, -0.15) is 0 Å². The van der Waals surface area contributed by atoms with E-state index in [0.717, 1.165) is 24.3 Å². The average molecular weight is 290 g/mol. The maximum absolute atomic E-state index is 12.2. The molecule has 0 unspecified atom stereocenters. The lowest BCUT2D eigenvalue weighted by atomic mass is 9.84. The van der Waals surface area contributed by atoms with E-state index in [-0.39, 0.29) is 5.91 Å². The smallest absolute Gasteiger partial charge is 0.251 e.